The smallest absolute Gasteiger partial charge is 0.190 e. The molecule has 1 aromatic carbocycles. The monoisotopic (exact) mass is 229 g/mol. The van der Waals surface area contributed by atoms with E-state index in [0.717, 1.165) is 13.0 Å². The van der Waals surface area contributed by atoms with Crippen LogP contribution in [0.25, 0.3) is 0 Å². The normalized spacial score (nSPS) is 10.5. The van der Waals surface area contributed by atoms with Gasteiger partial charge in [-0.15, -0.1) is 0 Å². The quantitative estimate of drug-likeness (QED) is 0.809. The fourth-order valence-electron chi connectivity index (χ4n) is 1.33. The molecule has 90 valence electrons. The van der Waals surface area contributed by atoms with E-state index in [9.17, 15) is 8.78 Å². The molecule has 1 N–H and O–H groups in total. The van der Waals surface area contributed by atoms with Crippen LogP contribution in [-0.2, 0) is 6.54 Å². The Kier molecular flexibility index (Phi) is 5.19. The number of benzene rings is 1. The molecule has 0 unspecified atom stereocenters. The van der Waals surface area contributed by atoms with E-state index in [1.165, 1.54) is 12.1 Å². The highest BCUT2D eigenvalue weighted by Crippen LogP contribution is 2.23. The van der Waals surface area contributed by atoms with Gasteiger partial charge in [0.05, 0.1) is 6.61 Å². The van der Waals surface area contributed by atoms with Crippen LogP contribution < -0.4 is 10.1 Å². The molecule has 2 nitrogen and oxygen atoms in total. The van der Waals surface area contributed by atoms with Gasteiger partial charge in [-0.25, -0.2) is 8.78 Å². The maximum absolute atomic E-state index is 13.5. The highest BCUT2D eigenvalue weighted by molar-refractivity contribution is 5.31. The van der Waals surface area contributed by atoms with Crippen molar-refractivity contribution in [3.63, 3.8) is 0 Å². The second kappa shape index (κ2) is 6.43. The summed E-state index contributed by atoms with van der Waals surface area (Å²) >= 11 is 0. The van der Waals surface area contributed by atoms with E-state index in [1.807, 2.05) is 13.8 Å². The van der Waals surface area contributed by atoms with E-state index in [-0.39, 0.29) is 5.75 Å². The Morgan fingerprint density at radius 2 is 1.81 bits per heavy atom. The summed E-state index contributed by atoms with van der Waals surface area (Å²) in [6.07, 6.45) is 0.720. The number of hydrogen-bond acceptors (Lipinski definition) is 2. The molecule has 0 aliphatic heterocycles. The minimum absolute atomic E-state index is 0.276. The van der Waals surface area contributed by atoms with E-state index in [4.69, 9.17) is 4.74 Å². The summed E-state index contributed by atoms with van der Waals surface area (Å²) in [6.45, 7) is 5.36. The van der Waals surface area contributed by atoms with Gasteiger partial charge in [-0.2, -0.15) is 0 Å². The van der Waals surface area contributed by atoms with E-state index in [2.05, 4.69) is 5.32 Å². The van der Waals surface area contributed by atoms with Crippen LogP contribution in [0.1, 0.15) is 25.8 Å². The van der Waals surface area contributed by atoms with Gasteiger partial charge in [0.2, 0.25) is 0 Å². The number of nitrogens with one attached hydrogen (secondary N) is 1. The SMILES string of the molecule is CCCOc1c(F)cc(CNCC)cc1F. The van der Waals surface area contributed by atoms with E-state index in [1.54, 1.807) is 0 Å². The van der Waals surface area contributed by atoms with Crippen molar-refractivity contribution in [1.82, 2.24) is 5.32 Å². The van der Waals surface area contributed by atoms with Crippen molar-refractivity contribution in [3.05, 3.63) is 29.3 Å². The molecule has 0 saturated heterocycles. The van der Waals surface area contributed by atoms with Gasteiger partial charge in [0.25, 0.3) is 0 Å². The van der Waals surface area contributed by atoms with Crippen molar-refractivity contribution < 1.29 is 13.5 Å². The number of hydrogen-bond donors (Lipinski definition) is 1. The average Bonchev–Trinajstić information content (AvgIpc) is 2.25. The molecule has 4 heteroatoms. The highest BCUT2D eigenvalue weighted by atomic mass is 19.1. The van der Waals surface area contributed by atoms with Crippen LogP contribution in [0.4, 0.5) is 8.78 Å². The molecule has 0 radical (unpaired) electrons. The van der Waals surface area contributed by atoms with Crippen LogP contribution >= 0.6 is 0 Å². The molecule has 1 aromatic rings. The summed E-state index contributed by atoms with van der Waals surface area (Å²) in [5.74, 6) is -1.55. The molecule has 0 heterocycles. The molecule has 0 fully saturated rings. The Morgan fingerprint density at radius 3 is 2.31 bits per heavy atom. The fraction of sp³-hybridized carbons (Fsp3) is 0.500. The van der Waals surface area contributed by atoms with Gasteiger partial charge in [-0.1, -0.05) is 13.8 Å². The zero-order valence-electron chi connectivity index (χ0n) is 9.65. The molecular formula is C12H17F2NO. The lowest BCUT2D eigenvalue weighted by molar-refractivity contribution is 0.284. The zero-order chi connectivity index (χ0) is 12.0. The minimum Gasteiger partial charge on any atom is -0.488 e. The molecule has 0 amide bonds. The lowest BCUT2D eigenvalue weighted by atomic mass is 10.2. The number of ether oxygens (including phenoxy) is 1. The van der Waals surface area contributed by atoms with Crippen molar-refractivity contribution in [2.75, 3.05) is 13.2 Å². The summed E-state index contributed by atoms with van der Waals surface area (Å²) in [6, 6.07) is 2.60. The largest absolute Gasteiger partial charge is 0.488 e. The van der Waals surface area contributed by atoms with Gasteiger partial charge in [0, 0.05) is 6.54 Å². The van der Waals surface area contributed by atoms with Gasteiger partial charge in [-0.3, -0.25) is 0 Å². The van der Waals surface area contributed by atoms with Gasteiger partial charge >= 0.3 is 0 Å². The first-order chi connectivity index (χ1) is 7.69. The van der Waals surface area contributed by atoms with Gasteiger partial charge in [0.1, 0.15) is 0 Å². The van der Waals surface area contributed by atoms with E-state index < -0.39 is 11.6 Å². The lowest BCUT2D eigenvalue weighted by Gasteiger charge is -2.09. The zero-order valence-corrected chi connectivity index (χ0v) is 9.65. The Morgan fingerprint density at radius 1 is 1.19 bits per heavy atom. The second-order valence-electron chi connectivity index (χ2n) is 3.52. The first kappa shape index (κ1) is 12.9. The molecule has 0 spiro atoms. The summed E-state index contributed by atoms with van der Waals surface area (Å²) in [4.78, 5) is 0. The number of rotatable bonds is 6. The van der Waals surface area contributed by atoms with Crippen molar-refractivity contribution in [1.29, 1.82) is 0 Å². The fourth-order valence-corrected chi connectivity index (χ4v) is 1.33. The van der Waals surface area contributed by atoms with Crippen LogP contribution in [0.5, 0.6) is 5.75 Å². The predicted octanol–water partition coefficient (Wildman–Crippen LogP) is 2.86. The van der Waals surface area contributed by atoms with Crippen LogP contribution in [-0.4, -0.2) is 13.2 Å². The summed E-state index contributed by atoms with van der Waals surface area (Å²) in [5.41, 5.74) is 0.584. The topological polar surface area (TPSA) is 21.3 Å². The maximum Gasteiger partial charge on any atom is 0.190 e. The molecule has 0 aliphatic rings. The van der Waals surface area contributed by atoms with Crippen molar-refractivity contribution in [3.8, 4) is 5.75 Å². The Labute approximate surface area is 94.6 Å². The van der Waals surface area contributed by atoms with Crippen LogP contribution in [0.15, 0.2) is 12.1 Å². The van der Waals surface area contributed by atoms with Crippen LogP contribution in [0.3, 0.4) is 0 Å². The van der Waals surface area contributed by atoms with Crippen LogP contribution in [0, 0.1) is 11.6 Å². The summed E-state index contributed by atoms with van der Waals surface area (Å²) in [5, 5.41) is 3.01. The first-order valence-electron chi connectivity index (χ1n) is 5.50. The summed E-state index contributed by atoms with van der Waals surface area (Å²) < 4.78 is 31.9. The van der Waals surface area contributed by atoms with E-state index in [0.29, 0.717) is 18.7 Å². The van der Waals surface area contributed by atoms with Gasteiger partial charge < -0.3 is 10.1 Å². The van der Waals surface area contributed by atoms with Gasteiger partial charge in [0.15, 0.2) is 17.4 Å². The van der Waals surface area contributed by atoms with Gasteiger partial charge in [-0.05, 0) is 30.7 Å². The Balaban J connectivity index is 2.80. The third kappa shape index (κ3) is 3.45. The Hall–Kier alpha value is -1.16. The summed E-state index contributed by atoms with van der Waals surface area (Å²) in [7, 11) is 0. The maximum atomic E-state index is 13.5. The standard InChI is InChI=1S/C12H17F2NO/c1-3-5-16-12-10(13)6-9(7-11(12)14)8-15-4-2/h6-7,15H,3-5,8H2,1-2H3. The number of halogens is 2. The molecule has 16 heavy (non-hydrogen) atoms. The third-order valence-corrected chi connectivity index (χ3v) is 2.09. The van der Waals surface area contributed by atoms with Crippen molar-refractivity contribution in [2.45, 2.75) is 26.8 Å². The molecule has 0 saturated carbocycles. The molecule has 0 atom stereocenters. The first-order valence-corrected chi connectivity index (χ1v) is 5.50. The molecule has 1 rings (SSSR count). The van der Waals surface area contributed by atoms with Crippen LogP contribution in [0.2, 0.25) is 0 Å². The molecular weight excluding hydrogens is 212 g/mol. The molecule has 0 bridgehead atoms. The third-order valence-electron chi connectivity index (χ3n) is 2.09. The van der Waals surface area contributed by atoms with E-state index >= 15 is 0 Å². The second-order valence-corrected chi connectivity index (χ2v) is 3.52. The Bertz CT molecular complexity index is 319. The predicted molar refractivity (Wildman–Crippen MR) is 59.5 cm³/mol. The minimum atomic E-state index is -0.638. The molecule has 0 aliphatic carbocycles. The lowest BCUT2D eigenvalue weighted by Crippen LogP contribution is -2.12. The van der Waals surface area contributed by atoms with Crippen molar-refractivity contribution >= 4 is 0 Å². The highest BCUT2D eigenvalue weighted by Gasteiger charge is 2.12. The molecule has 0 aromatic heterocycles. The van der Waals surface area contributed by atoms with Crippen molar-refractivity contribution in [2.24, 2.45) is 0 Å². The average molecular weight is 229 g/mol.